The Labute approximate surface area is 127 Å². The highest BCUT2D eigenvalue weighted by molar-refractivity contribution is 5.03. The number of hydrogen-bond donors (Lipinski definition) is 1. The SMILES string of the molecule is CCCNC(C(C)CCC)C1(N(C)C)CCCC(C)C1. The normalized spacial score (nSPS) is 30.4. The molecule has 4 atom stereocenters. The van der Waals surface area contributed by atoms with Crippen LogP contribution in [0.2, 0.25) is 0 Å². The van der Waals surface area contributed by atoms with Crippen LogP contribution >= 0.6 is 0 Å². The van der Waals surface area contributed by atoms with E-state index in [1.54, 1.807) is 0 Å². The number of rotatable bonds is 8. The van der Waals surface area contributed by atoms with Crippen LogP contribution in [-0.2, 0) is 0 Å². The van der Waals surface area contributed by atoms with Gasteiger partial charge in [0, 0.05) is 11.6 Å². The Bertz CT molecular complexity index is 264. The lowest BCUT2D eigenvalue weighted by Crippen LogP contribution is -2.63. The van der Waals surface area contributed by atoms with Crippen molar-refractivity contribution in [1.29, 1.82) is 0 Å². The topological polar surface area (TPSA) is 15.3 Å². The lowest BCUT2D eigenvalue weighted by atomic mass is 9.67. The predicted octanol–water partition coefficient (Wildman–Crippen LogP) is 4.30. The first-order valence-corrected chi connectivity index (χ1v) is 8.88. The highest BCUT2D eigenvalue weighted by Crippen LogP contribution is 2.41. The maximum Gasteiger partial charge on any atom is 0.0361 e. The van der Waals surface area contributed by atoms with Crippen LogP contribution in [0.15, 0.2) is 0 Å². The van der Waals surface area contributed by atoms with Crippen molar-refractivity contribution in [3.05, 3.63) is 0 Å². The molecule has 4 unspecified atom stereocenters. The molecular weight excluding hydrogens is 244 g/mol. The van der Waals surface area contributed by atoms with Crippen LogP contribution in [0.3, 0.4) is 0 Å². The van der Waals surface area contributed by atoms with Gasteiger partial charge in [-0.25, -0.2) is 0 Å². The van der Waals surface area contributed by atoms with E-state index in [-0.39, 0.29) is 0 Å². The number of likely N-dealkylation sites (N-methyl/N-ethyl adjacent to an activating group) is 1. The number of nitrogens with one attached hydrogen (secondary N) is 1. The second kappa shape index (κ2) is 8.38. The summed E-state index contributed by atoms with van der Waals surface area (Å²) in [6.07, 6.45) is 9.39. The quantitative estimate of drug-likeness (QED) is 0.714. The molecular formula is C18H38N2. The molecule has 0 aliphatic heterocycles. The summed E-state index contributed by atoms with van der Waals surface area (Å²) in [5.41, 5.74) is 0.363. The third-order valence-electron chi connectivity index (χ3n) is 5.41. The zero-order valence-electron chi connectivity index (χ0n) is 14.8. The predicted molar refractivity (Wildman–Crippen MR) is 90.2 cm³/mol. The molecule has 1 saturated carbocycles. The highest BCUT2D eigenvalue weighted by atomic mass is 15.2. The summed E-state index contributed by atoms with van der Waals surface area (Å²) in [5.74, 6) is 1.63. The first-order valence-electron chi connectivity index (χ1n) is 8.88. The van der Waals surface area contributed by atoms with Gasteiger partial charge < -0.3 is 10.2 Å². The molecule has 120 valence electrons. The molecule has 0 heterocycles. The second-order valence-corrected chi connectivity index (χ2v) is 7.40. The molecule has 0 radical (unpaired) electrons. The molecule has 0 spiro atoms. The summed E-state index contributed by atoms with van der Waals surface area (Å²) in [6.45, 7) is 10.7. The molecule has 1 rings (SSSR count). The van der Waals surface area contributed by atoms with E-state index in [1.165, 1.54) is 44.9 Å². The lowest BCUT2D eigenvalue weighted by Gasteiger charge is -2.52. The summed E-state index contributed by atoms with van der Waals surface area (Å²) in [6, 6.07) is 0.639. The summed E-state index contributed by atoms with van der Waals surface area (Å²) in [4.78, 5) is 2.54. The largest absolute Gasteiger partial charge is 0.312 e. The molecule has 1 aliphatic rings. The molecule has 0 aromatic carbocycles. The van der Waals surface area contributed by atoms with Gasteiger partial charge in [0.2, 0.25) is 0 Å². The van der Waals surface area contributed by atoms with Crippen molar-refractivity contribution in [2.24, 2.45) is 11.8 Å². The third kappa shape index (κ3) is 4.21. The molecule has 0 bridgehead atoms. The molecule has 0 saturated heterocycles. The van der Waals surface area contributed by atoms with Crippen LogP contribution in [0, 0.1) is 11.8 Å². The first kappa shape index (κ1) is 18.0. The zero-order valence-corrected chi connectivity index (χ0v) is 14.8. The van der Waals surface area contributed by atoms with E-state index in [0.717, 1.165) is 18.4 Å². The molecule has 2 nitrogen and oxygen atoms in total. The molecule has 1 aliphatic carbocycles. The fraction of sp³-hybridized carbons (Fsp3) is 1.00. The summed E-state index contributed by atoms with van der Waals surface area (Å²) >= 11 is 0. The molecule has 20 heavy (non-hydrogen) atoms. The average Bonchev–Trinajstić information content (AvgIpc) is 2.39. The highest BCUT2D eigenvalue weighted by Gasteiger charge is 2.45. The van der Waals surface area contributed by atoms with E-state index in [1.807, 2.05) is 0 Å². The molecule has 1 N–H and O–H groups in total. The van der Waals surface area contributed by atoms with Gasteiger partial charge in [-0.3, -0.25) is 0 Å². The second-order valence-electron chi connectivity index (χ2n) is 7.40. The van der Waals surface area contributed by atoms with Crippen LogP contribution in [0.4, 0.5) is 0 Å². The van der Waals surface area contributed by atoms with Crippen LogP contribution in [0.1, 0.15) is 72.6 Å². The Hall–Kier alpha value is -0.0800. The minimum Gasteiger partial charge on any atom is -0.312 e. The smallest absolute Gasteiger partial charge is 0.0361 e. The van der Waals surface area contributed by atoms with Gasteiger partial charge in [-0.05, 0) is 58.2 Å². The van der Waals surface area contributed by atoms with Gasteiger partial charge in [-0.2, -0.15) is 0 Å². The van der Waals surface area contributed by atoms with Crippen LogP contribution < -0.4 is 5.32 Å². The molecule has 0 amide bonds. The van der Waals surface area contributed by atoms with E-state index in [0.29, 0.717) is 11.6 Å². The van der Waals surface area contributed by atoms with Gasteiger partial charge in [0.25, 0.3) is 0 Å². The van der Waals surface area contributed by atoms with Crippen LogP contribution in [0.25, 0.3) is 0 Å². The van der Waals surface area contributed by atoms with E-state index < -0.39 is 0 Å². The van der Waals surface area contributed by atoms with Crippen LogP contribution in [-0.4, -0.2) is 37.1 Å². The minimum absolute atomic E-state index is 0.363. The van der Waals surface area contributed by atoms with Crippen molar-refractivity contribution < 1.29 is 0 Å². The molecule has 2 heteroatoms. The van der Waals surface area contributed by atoms with Crippen LogP contribution in [0.5, 0.6) is 0 Å². The van der Waals surface area contributed by atoms with Crippen molar-refractivity contribution in [2.75, 3.05) is 20.6 Å². The standard InChI is InChI=1S/C18H38N2/c1-7-10-16(4)17(19-13-8-2)18(20(5)6)12-9-11-15(3)14-18/h15-17,19H,7-14H2,1-6H3. The average molecular weight is 283 g/mol. The first-order chi connectivity index (χ1) is 9.47. The summed E-state index contributed by atoms with van der Waals surface area (Å²) in [5, 5.41) is 3.92. The van der Waals surface area contributed by atoms with E-state index >= 15 is 0 Å². The fourth-order valence-corrected chi connectivity index (χ4v) is 4.37. The zero-order chi connectivity index (χ0) is 15.2. The van der Waals surface area contributed by atoms with Gasteiger partial charge in [0.05, 0.1) is 0 Å². The van der Waals surface area contributed by atoms with Gasteiger partial charge >= 0.3 is 0 Å². The maximum absolute atomic E-state index is 3.92. The van der Waals surface area contributed by atoms with E-state index in [9.17, 15) is 0 Å². The van der Waals surface area contributed by atoms with E-state index in [4.69, 9.17) is 0 Å². The monoisotopic (exact) mass is 282 g/mol. The summed E-state index contributed by atoms with van der Waals surface area (Å²) < 4.78 is 0. The van der Waals surface area contributed by atoms with Crippen molar-refractivity contribution >= 4 is 0 Å². The molecule has 0 aromatic rings. The Balaban J connectivity index is 2.96. The summed E-state index contributed by atoms with van der Waals surface area (Å²) in [7, 11) is 4.61. The molecule has 0 aromatic heterocycles. The minimum atomic E-state index is 0.363. The number of hydrogen-bond acceptors (Lipinski definition) is 2. The lowest BCUT2D eigenvalue weighted by molar-refractivity contribution is 0.0168. The van der Waals surface area contributed by atoms with Crippen molar-refractivity contribution in [2.45, 2.75) is 84.2 Å². The van der Waals surface area contributed by atoms with Crippen molar-refractivity contribution in [1.82, 2.24) is 10.2 Å². The molecule has 1 fully saturated rings. The Morgan fingerprint density at radius 2 is 1.95 bits per heavy atom. The maximum atomic E-state index is 3.92. The van der Waals surface area contributed by atoms with Gasteiger partial charge in [-0.1, -0.05) is 47.0 Å². The van der Waals surface area contributed by atoms with Crippen molar-refractivity contribution in [3.63, 3.8) is 0 Å². The van der Waals surface area contributed by atoms with Gasteiger partial charge in [0.15, 0.2) is 0 Å². The number of nitrogens with zero attached hydrogens (tertiary/aromatic N) is 1. The Kier molecular flexibility index (Phi) is 7.53. The van der Waals surface area contributed by atoms with Gasteiger partial charge in [-0.15, -0.1) is 0 Å². The Morgan fingerprint density at radius 3 is 2.45 bits per heavy atom. The van der Waals surface area contributed by atoms with Crippen molar-refractivity contribution in [3.8, 4) is 0 Å². The van der Waals surface area contributed by atoms with Gasteiger partial charge in [0.1, 0.15) is 0 Å². The van der Waals surface area contributed by atoms with E-state index in [2.05, 4.69) is 52.0 Å². The Morgan fingerprint density at radius 1 is 1.25 bits per heavy atom. The third-order valence-corrected chi connectivity index (χ3v) is 5.41. The fourth-order valence-electron chi connectivity index (χ4n) is 4.37.